The first-order chi connectivity index (χ1) is 7.61. The zero-order valence-electron chi connectivity index (χ0n) is 8.70. The van der Waals surface area contributed by atoms with E-state index in [9.17, 15) is 4.79 Å². The largest absolute Gasteiger partial charge is 0.272 e. The smallest absolute Gasteiger partial charge is 0.253 e. The minimum Gasteiger partial charge on any atom is -0.272 e. The molecule has 1 amide bonds. The number of amides is 1. The van der Waals surface area contributed by atoms with Crippen LogP contribution >= 0.6 is 23.2 Å². The van der Waals surface area contributed by atoms with Crippen LogP contribution in [0.1, 0.15) is 19.8 Å². The van der Waals surface area contributed by atoms with E-state index in [1.807, 2.05) is 6.92 Å². The molecule has 2 rings (SSSR count). The molecule has 0 spiro atoms. The van der Waals surface area contributed by atoms with Crippen molar-refractivity contribution in [1.29, 1.82) is 0 Å². The predicted molar refractivity (Wildman–Crippen MR) is 66.3 cm³/mol. The van der Waals surface area contributed by atoms with Crippen molar-refractivity contribution in [3.63, 3.8) is 0 Å². The summed E-state index contributed by atoms with van der Waals surface area (Å²) >= 11 is 11.9. The molecule has 1 aromatic carbocycles. The van der Waals surface area contributed by atoms with Crippen molar-refractivity contribution >= 4 is 40.5 Å². The van der Waals surface area contributed by atoms with Crippen LogP contribution < -0.4 is 5.01 Å². The van der Waals surface area contributed by atoms with Crippen molar-refractivity contribution in [3.8, 4) is 0 Å². The lowest BCUT2D eigenvalue weighted by Crippen LogP contribution is -2.19. The molecule has 0 N–H and O–H groups in total. The van der Waals surface area contributed by atoms with E-state index >= 15 is 0 Å². The molecule has 1 aromatic rings. The highest BCUT2D eigenvalue weighted by Crippen LogP contribution is 2.31. The third-order valence-electron chi connectivity index (χ3n) is 2.38. The van der Waals surface area contributed by atoms with Crippen LogP contribution in [-0.2, 0) is 4.79 Å². The Morgan fingerprint density at radius 2 is 2.19 bits per heavy atom. The van der Waals surface area contributed by atoms with Crippen molar-refractivity contribution < 1.29 is 4.79 Å². The fraction of sp³-hybridized carbons (Fsp3) is 0.273. The van der Waals surface area contributed by atoms with Gasteiger partial charge in [-0.3, -0.25) is 4.79 Å². The second-order valence-electron chi connectivity index (χ2n) is 3.50. The summed E-state index contributed by atoms with van der Waals surface area (Å²) in [5, 5.41) is 6.55. The second-order valence-corrected chi connectivity index (χ2v) is 4.34. The van der Waals surface area contributed by atoms with Crippen LogP contribution in [0, 0.1) is 0 Å². The normalized spacial score (nSPS) is 15.6. The monoisotopic (exact) mass is 256 g/mol. The maximum Gasteiger partial charge on any atom is 0.253 e. The molecule has 16 heavy (non-hydrogen) atoms. The van der Waals surface area contributed by atoms with Crippen LogP contribution in [-0.4, -0.2) is 11.6 Å². The van der Waals surface area contributed by atoms with Crippen LogP contribution in [0.4, 0.5) is 5.69 Å². The molecule has 1 aliphatic rings. The third-order valence-corrected chi connectivity index (χ3v) is 2.93. The summed E-state index contributed by atoms with van der Waals surface area (Å²) in [7, 11) is 0. The molecule has 5 heteroatoms. The van der Waals surface area contributed by atoms with Crippen LogP contribution in [0.25, 0.3) is 0 Å². The molecule has 3 nitrogen and oxygen atoms in total. The number of carbonyl (C=O) groups excluding carboxylic acids is 1. The van der Waals surface area contributed by atoms with E-state index in [1.54, 1.807) is 18.2 Å². The highest BCUT2D eigenvalue weighted by molar-refractivity contribution is 6.36. The molecule has 0 bridgehead atoms. The van der Waals surface area contributed by atoms with E-state index in [0.29, 0.717) is 22.2 Å². The lowest BCUT2D eigenvalue weighted by Gasteiger charge is -2.13. The summed E-state index contributed by atoms with van der Waals surface area (Å²) in [6.45, 7) is 1.97. The van der Waals surface area contributed by atoms with Gasteiger partial charge in [-0.25, -0.2) is 0 Å². The van der Waals surface area contributed by atoms with Gasteiger partial charge in [-0.05, 0) is 24.6 Å². The number of anilines is 1. The zero-order chi connectivity index (χ0) is 11.7. The van der Waals surface area contributed by atoms with Gasteiger partial charge in [0.05, 0.1) is 17.1 Å². The summed E-state index contributed by atoms with van der Waals surface area (Å²) in [6, 6.07) is 4.98. The zero-order valence-corrected chi connectivity index (χ0v) is 10.2. The maximum atomic E-state index is 11.7. The highest BCUT2D eigenvalue weighted by Gasteiger charge is 2.25. The molecule has 1 aliphatic heterocycles. The van der Waals surface area contributed by atoms with Gasteiger partial charge in [-0.1, -0.05) is 30.1 Å². The van der Waals surface area contributed by atoms with E-state index in [4.69, 9.17) is 23.2 Å². The van der Waals surface area contributed by atoms with Gasteiger partial charge in [0, 0.05) is 10.7 Å². The van der Waals surface area contributed by atoms with Crippen molar-refractivity contribution in [2.75, 3.05) is 5.01 Å². The first-order valence-electron chi connectivity index (χ1n) is 4.96. The number of benzene rings is 1. The standard InChI is InChI=1S/C11H10Cl2N2O/c1-2-8-6-11(16)15(14-8)10-5-7(12)3-4-9(10)13/h3-5H,2,6H2,1H3. The minimum absolute atomic E-state index is 0.0685. The van der Waals surface area contributed by atoms with Crippen molar-refractivity contribution in [2.45, 2.75) is 19.8 Å². The van der Waals surface area contributed by atoms with Gasteiger partial charge in [0.2, 0.25) is 0 Å². The van der Waals surface area contributed by atoms with Gasteiger partial charge < -0.3 is 0 Å². The maximum absolute atomic E-state index is 11.7. The summed E-state index contributed by atoms with van der Waals surface area (Å²) in [5.74, 6) is -0.0685. The molecule has 0 saturated carbocycles. The fourth-order valence-corrected chi connectivity index (χ4v) is 1.88. The molecule has 84 valence electrons. The molecule has 0 aliphatic carbocycles. The average Bonchev–Trinajstić information content (AvgIpc) is 2.63. The summed E-state index contributed by atoms with van der Waals surface area (Å²) < 4.78 is 0. The van der Waals surface area contributed by atoms with Gasteiger partial charge in [-0.15, -0.1) is 0 Å². The Hall–Kier alpha value is -1.06. The minimum atomic E-state index is -0.0685. The SMILES string of the molecule is CCC1=NN(c2cc(Cl)ccc2Cl)C(=O)C1. The number of rotatable bonds is 2. The van der Waals surface area contributed by atoms with Gasteiger partial charge in [-0.2, -0.15) is 10.1 Å². The van der Waals surface area contributed by atoms with Crippen LogP contribution in [0.2, 0.25) is 10.0 Å². The number of hydrogen-bond donors (Lipinski definition) is 0. The molecular weight excluding hydrogens is 247 g/mol. The Balaban J connectivity index is 2.41. The van der Waals surface area contributed by atoms with Gasteiger partial charge >= 0.3 is 0 Å². The van der Waals surface area contributed by atoms with Gasteiger partial charge in [0.1, 0.15) is 0 Å². The Bertz CT molecular complexity index is 471. The number of hydrazone groups is 1. The summed E-state index contributed by atoms with van der Waals surface area (Å²) in [4.78, 5) is 11.7. The molecule has 0 unspecified atom stereocenters. The van der Waals surface area contributed by atoms with Crippen LogP contribution in [0.15, 0.2) is 23.3 Å². The lowest BCUT2D eigenvalue weighted by atomic mass is 10.2. The number of hydrogen-bond acceptors (Lipinski definition) is 2. The van der Waals surface area contributed by atoms with Crippen molar-refractivity contribution in [1.82, 2.24) is 0 Å². The second kappa shape index (κ2) is 4.44. The Kier molecular flexibility index (Phi) is 3.17. The third kappa shape index (κ3) is 2.06. The number of nitrogens with zero attached hydrogens (tertiary/aromatic N) is 2. The van der Waals surface area contributed by atoms with E-state index in [1.165, 1.54) is 5.01 Å². The molecule has 1 heterocycles. The molecule has 0 saturated heterocycles. The predicted octanol–water partition coefficient (Wildman–Crippen LogP) is 3.50. The first kappa shape index (κ1) is 11.4. The first-order valence-corrected chi connectivity index (χ1v) is 5.71. The van der Waals surface area contributed by atoms with Crippen LogP contribution in [0.5, 0.6) is 0 Å². The molecule has 0 aromatic heterocycles. The van der Waals surface area contributed by atoms with E-state index < -0.39 is 0 Å². The summed E-state index contributed by atoms with van der Waals surface area (Å²) in [5.41, 5.74) is 1.41. The van der Waals surface area contributed by atoms with E-state index in [0.717, 1.165) is 12.1 Å². The fourth-order valence-electron chi connectivity index (χ4n) is 1.51. The summed E-state index contributed by atoms with van der Waals surface area (Å²) in [6.07, 6.45) is 1.12. The quantitative estimate of drug-likeness (QED) is 0.798. The van der Waals surface area contributed by atoms with Crippen molar-refractivity contribution in [2.24, 2.45) is 5.10 Å². The van der Waals surface area contributed by atoms with Crippen LogP contribution in [0.3, 0.4) is 0 Å². The molecule has 0 fully saturated rings. The van der Waals surface area contributed by atoms with E-state index in [2.05, 4.69) is 5.10 Å². The highest BCUT2D eigenvalue weighted by atomic mass is 35.5. The van der Waals surface area contributed by atoms with Gasteiger partial charge in [0.15, 0.2) is 0 Å². The number of carbonyl (C=O) groups is 1. The lowest BCUT2D eigenvalue weighted by molar-refractivity contribution is -0.116. The Morgan fingerprint density at radius 3 is 2.81 bits per heavy atom. The Labute approximate surface area is 104 Å². The number of halogens is 2. The van der Waals surface area contributed by atoms with Crippen molar-refractivity contribution in [3.05, 3.63) is 28.2 Å². The molecular formula is C11H10Cl2N2O. The molecule has 0 atom stereocenters. The topological polar surface area (TPSA) is 32.7 Å². The Morgan fingerprint density at radius 1 is 1.44 bits per heavy atom. The van der Waals surface area contributed by atoms with E-state index in [-0.39, 0.29) is 5.91 Å². The molecule has 0 radical (unpaired) electrons. The van der Waals surface area contributed by atoms with Gasteiger partial charge in [0.25, 0.3) is 5.91 Å². The average molecular weight is 257 g/mol.